The molecule has 15 heavy (non-hydrogen) atoms. The van der Waals surface area contributed by atoms with Gasteiger partial charge in [0.25, 0.3) is 0 Å². The van der Waals surface area contributed by atoms with Crippen molar-refractivity contribution in [2.75, 3.05) is 14.2 Å². The molecule has 0 aliphatic heterocycles. The summed E-state index contributed by atoms with van der Waals surface area (Å²) in [5, 5.41) is 0. The van der Waals surface area contributed by atoms with Crippen LogP contribution in [0.3, 0.4) is 0 Å². The van der Waals surface area contributed by atoms with Crippen LogP contribution < -0.4 is 9.47 Å². The molecule has 0 saturated carbocycles. The van der Waals surface area contributed by atoms with Crippen molar-refractivity contribution in [2.45, 2.75) is 19.3 Å². The highest BCUT2D eigenvalue weighted by Crippen LogP contribution is 2.36. The van der Waals surface area contributed by atoms with Gasteiger partial charge in [0.1, 0.15) is 0 Å². The minimum atomic E-state index is 0.812. The highest BCUT2D eigenvalue weighted by atomic mass is 16.5. The van der Waals surface area contributed by atoms with E-state index in [1.54, 1.807) is 14.2 Å². The monoisotopic (exact) mass is 203 g/mol. The second-order valence-corrected chi connectivity index (χ2v) is 3.57. The number of benzene rings is 1. The van der Waals surface area contributed by atoms with Crippen LogP contribution in [0, 0.1) is 6.08 Å². The van der Waals surface area contributed by atoms with E-state index >= 15 is 0 Å². The van der Waals surface area contributed by atoms with Crippen LogP contribution in [0.4, 0.5) is 0 Å². The third-order valence-corrected chi connectivity index (χ3v) is 2.69. The summed E-state index contributed by atoms with van der Waals surface area (Å²) >= 11 is 0. The molecule has 1 aliphatic carbocycles. The highest BCUT2D eigenvalue weighted by Gasteiger charge is 2.14. The predicted octanol–water partition coefficient (Wildman–Crippen LogP) is 2.86. The van der Waals surface area contributed by atoms with E-state index in [-0.39, 0.29) is 0 Å². The molecule has 2 nitrogen and oxygen atoms in total. The quantitative estimate of drug-likeness (QED) is 0.735. The molecule has 0 unspecified atom stereocenters. The lowest BCUT2D eigenvalue weighted by atomic mass is 10.0. The van der Waals surface area contributed by atoms with Gasteiger partial charge in [-0.2, -0.15) is 0 Å². The second-order valence-electron chi connectivity index (χ2n) is 3.57. The first kappa shape index (κ1) is 10.1. The summed E-state index contributed by atoms with van der Waals surface area (Å²) in [6.07, 6.45) is 8.48. The normalized spacial score (nSPS) is 14.3. The van der Waals surface area contributed by atoms with Crippen molar-refractivity contribution in [3.05, 3.63) is 29.3 Å². The molecule has 79 valence electrons. The average Bonchev–Trinajstić information content (AvgIpc) is 2.52. The molecule has 0 fully saturated rings. The molecule has 2 rings (SSSR count). The molecule has 0 atom stereocenters. The van der Waals surface area contributed by atoms with E-state index in [4.69, 9.17) is 9.47 Å². The van der Waals surface area contributed by atoms with E-state index in [0.717, 1.165) is 30.8 Å². The molecule has 2 heteroatoms. The lowest BCUT2D eigenvalue weighted by Gasteiger charge is -2.14. The van der Waals surface area contributed by atoms with E-state index in [0.29, 0.717) is 0 Å². The van der Waals surface area contributed by atoms with Crippen LogP contribution in [-0.4, -0.2) is 14.2 Å². The van der Waals surface area contributed by atoms with Gasteiger partial charge < -0.3 is 9.47 Å². The van der Waals surface area contributed by atoms with Gasteiger partial charge in [-0.15, -0.1) is 0 Å². The van der Waals surface area contributed by atoms with Crippen molar-refractivity contribution in [1.29, 1.82) is 0 Å². The molecule has 0 bridgehead atoms. The van der Waals surface area contributed by atoms with Crippen LogP contribution in [0.5, 0.6) is 11.5 Å². The Morgan fingerprint density at radius 1 is 1.20 bits per heavy atom. The fourth-order valence-electron chi connectivity index (χ4n) is 1.95. The van der Waals surface area contributed by atoms with Crippen molar-refractivity contribution in [3.63, 3.8) is 0 Å². The van der Waals surface area contributed by atoms with Crippen LogP contribution in [0.2, 0.25) is 0 Å². The van der Waals surface area contributed by atoms with Gasteiger partial charge >= 0.3 is 0 Å². The number of methoxy groups -OCH3 is 2. The maximum absolute atomic E-state index is 5.42. The van der Waals surface area contributed by atoms with Crippen LogP contribution in [0.15, 0.2) is 12.1 Å². The smallest absolute Gasteiger partial charge is 0.164 e. The van der Waals surface area contributed by atoms with Gasteiger partial charge in [0.2, 0.25) is 0 Å². The standard InChI is InChI=1S/C13H15O2/c1-14-12-9-8-10-6-4-3-5-7-11(10)13(12)15-2/h6,8-9H,3,5,7H2,1-2H3. The predicted molar refractivity (Wildman–Crippen MR) is 60.2 cm³/mol. The van der Waals surface area contributed by atoms with E-state index < -0.39 is 0 Å². The summed E-state index contributed by atoms with van der Waals surface area (Å²) in [4.78, 5) is 0. The zero-order chi connectivity index (χ0) is 10.7. The lowest BCUT2D eigenvalue weighted by molar-refractivity contribution is 0.351. The first-order valence-electron chi connectivity index (χ1n) is 5.17. The Morgan fingerprint density at radius 2 is 2.07 bits per heavy atom. The summed E-state index contributed by atoms with van der Waals surface area (Å²) in [5.41, 5.74) is 2.44. The third kappa shape index (κ3) is 1.84. The Hall–Kier alpha value is -1.44. The van der Waals surface area contributed by atoms with Crippen molar-refractivity contribution < 1.29 is 9.47 Å². The van der Waals surface area contributed by atoms with E-state index in [1.165, 1.54) is 11.1 Å². The van der Waals surface area contributed by atoms with E-state index in [1.807, 2.05) is 12.1 Å². The Balaban J connectivity index is 2.54. The average molecular weight is 203 g/mol. The van der Waals surface area contributed by atoms with Crippen LogP contribution in [-0.2, 0) is 6.42 Å². The first-order valence-corrected chi connectivity index (χ1v) is 5.17. The summed E-state index contributed by atoms with van der Waals surface area (Å²) in [7, 11) is 3.36. The van der Waals surface area contributed by atoms with Crippen molar-refractivity contribution >= 4 is 6.08 Å². The first-order chi connectivity index (χ1) is 7.36. The van der Waals surface area contributed by atoms with Gasteiger partial charge in [-0.25, -0.2) is 0 Å². The fourth-order valence-corrected chi connectivity index (χ4v) is 1.95. The maximum atomic E-state index is 5.42. The number of allylic oxidation sites excluding steroid dienone is 1. The molecule has 1 aromatic rings. The SMILES string of the molecule is COc1ccc2c(c1OC)CCC[C]=C2. The van der Waals surface area contributed by atoms with Gasteiger partial charge in [-0.05, 0) is 37.0 Å². The minimum Gasteiger partial charge on any atom is -0.493 e. The maximum Gasteiger partial charge on any atom is 0.164 e. The van der Waals surface area contributed by atoms with E-state index in [2.05, 4.69) is 12.1 Å². The molecule has 1 aromatic carbocycles. The molecule has 0 aromatic heterocycles. The summed E-state index contributed by atoms with van der Waals surface area (Å²) in [6, 6.07) is 4.01. The number of ether oxygens (including phenoxy) is 2. The largest absolute Gasteiger partial charge is 0.493 e. The van der Waals surface area contributed by atoms with E-state index in [9.17, 15) is 0 Å². The molecule has 0 saturated heterocycles. The number of hydrogen-bond donors (Lipinski definition) is 0. The minimum absolute atomic E-state index is 0.812. The zero-order valence-electron chi connectivity index (χ0n) is 9.17. The molecule has 0 spiro atoms. The summed E-state index contributed by atoms with van der Waals surface area (Å²) in [5.74, 6) is 1.68. The highest BCUT2D eigenvalue weighted by molar-refractivity contribution is 5.62. The van der Waals surface area contributed by atoms with Gasteiger partial charge in [0.05, 0.1) is 14.2 Å². The lowest BCUT2D eigenvalue weighted by Crippen LogP contribution is -1.98. The Labute approximate surface area is 90.5 Å². The van der Waals surface area contributed by atoms with Gasteiger partial charge in [-0.1, -0.05) is 12.1 Å². The van der Waals surface area contributed by atoms with Gasteiger partial charge in [0, 0.05) is 5.56 Å². The van der Waals surface area contributed by atoms with Crippen molar-refractivity contribution in [3.8, 4) is 11.5 Å². The molecular weight excluding hydrogens is 188 g/mol. The molecular formula is C13H15O2. The molecule has 0 amide bonds. The van der Waals surface area contributed by atoms with Crippen molar-refractivity contribution in [2.24, 2.45) is 0 Å². The topological polar surface area (TPSA) is 18.5 Å². The molecule has 0 heterocycles. The summed E-state index contributed by atoms with van der Waals surface area (Å²) < 4.78 is 10.7. The molecule has 0 N–H and O–H groups in total. The van der Waals surface area contributed by atoms with Crippen LogP contribution in [0.25, 0.3) is 6.08 Å². The van der Waals surface area contributed by atoms with Crippen molar-refractivity contribution in [1.82, 2.24) is 0 Å². The number of hydrogen-bond acceptors (Lipinski definition) is 2. The Morgan fingerprint density at radius 3 is 2.80 bits per heavy atom. The second kappa shape index (κ2) is 4.39. The Bertz CT molecular complexity index is 380. The van der Waals surface area contributed by atoms with Gasteiger partial charge in [0.15, 0.2) is 11.5 Å². The Kier molecular flexibility index (Phi) is 2.95. The van der Waals surface area contributed by atoms with Crippen LogP contribution in [0.1, 0.15) is 24.0 Å². The third-order valence-electron chi connectivity index (χ3n) is 2.69. The fraction of sp³-hybridized carbons (Fsp3) is 0.385. The molecule has 1 aliphatic rings. The number of rotatable bonds is 2. The van der Waals surface area contributed by atoms with Gasteiger partial charge in [-0.3, -0.25) is 0 Å². The zero-order valence-corrected chi connectivity index (χ0v) is 9.17. The summed E-state index contributed by atoms with van der Waals surface area (Å²) in [6.45, 7) is 0. The van der Waals surface area contributed by atoms with Crippen LogP contribution >= 0.6 is 0 Å². The molecule has 1 radical (unpaired) electrons. The number of fused-ring (bicyclic) bond motifs is 1.